The molecule has 0 bridgehead atoms. The molecule has 27 heavy (non-hydrogen) atoms. The van der Waals surface area contributed by atoms with E-state index in [1.54, 1.807) is 30.3 Å². The first-order chi connectivity index (χ1) is 13.2. The summed E-state index contributed by atoms with van der Waals surface area (Å²) in [6.07, 6.45) is 1.69. The maximum absolute atomic E-state index is 12.7. The van der Waals surface area contributed by atoms with E-state index in [9.17, 15) is 9.59 Å². The third kappa shape index (κ3) is 3.35. The molecule has 0 atom stereocenters. The van der Waals surface area contributed by atoms with Crippen LogP contribution in [0.3, 0.4) is 0 Å². The van der Waals surface area contributed by atoms with Gasteiger partial charge >= 0.3 is 0 Å². The van der Waals surface area contributed by atoms with E-state index in [0.29, 0.717) is 10.5 Å². The number of amides is 2. The van der Waals surface area contributed by atoms with Gasteiger partial charge in [0, 0.05) is 0 Å². The van der Waals surface area contributed by atoms with Crippen molar-refractivity contribution in [2.75, 3.05) is 0 Å². The van der Waals surface area contributed by atoms with Crippen LogP contribution in [-0.4, -0.2) is 16.0 Å². The highest BCUT2D eigenvalue weighted by atomic mass is 32.2. The zero-order valence-corrected chi connectivity index (χ0v) is 15.1. The molecule has 1 heterocycles. The van der Waals surface area contributed by atoms with Crippen molar-refractivity contribution in [3.63, 3.8) is 0 Å². The SMILES string of the molecule is N#Cc1ccc(/C=C2\SC(=O)N(Cc3cccc4ccccc34)C2=O)cc1. The van der Waals surface area contributed by atoms with Gasteiger partial charge in [0.1, 0.15) is 0 Å². The standard InChI is InChI=1S/C22H14N2O2S/c23-13-16-10-8-15(9-11-16)12-20-21(25)24(22(26)27-20)14-18-6-3-5-17-4-1-2-7-19(17)18/h1-12H,14H2/b20-12-. The summed E-state index contributed by atoms with van der Waals surface area (Å²) in [5.41, 5.74) is 2.27. The quantitative estimate of drug-likeness (QED) is 0.612. The number of fused-ring (bicyclic) bond motifs is 1. The Hall–Kier alpha value is -3.36. The van der Waals surface area contributed by atoms with Crippen LogP contribution in [0.2, 0.25) is 0 Å². The third-order valence-corrected chi connectivity index (χ3v) is 5.33. The van der Waals surface area contributed by atoms with Crippen LogP contribution in [0, 0.1) is 11.3 Å². The zero-order valence-electron chi connectivity index (χ0n) is 14.3. The van der Waals surface area contributed by atoms with Crippen LogP contribution >= 0.6 is 11.8 Å². The Morgan fingerprint density at radius 2 is 1.70 bits per heavy atom. The third-order valence-electron chi connectivity index (χ3n) is 4.42. The summed E-state index contributed by atoms with van der Waals surface area (Å²) in [6, 6.07) is 22.8. The van der Waals surface area contributed by atoms with Gasteiger partial charge in [0.2, 0.25) is 0 Å². The van der Waals surface area contributed by atoms with E-state index in [1.165, 1.54) is 4.90 Å². The molecule has 2 amide bonds. The normalized spacial score (nSPS) is 15.5. The van der Waals surface area contributed by atoms with E-state index in [-0.39, 0.29) is 17.7 Å². The molecular weight excluding hydrogens is 356 g/mol. The van der Waals surface area contributed by atoms with Crippen molar-refractivity contribution in [2.45, 2.75) is 6.54 Å². The number of imide groups is 1. The van der Waals surface area contributed by atoms with E-state index in [0.717, 1.165) is 33.7 Å². The average Bonchev–Trinajstić information content (AvgIpc) is 2.96. The highest BCUT2D eigenvalue weighted by Gasteiger charge is 2.35. The Balaban J connectivity index is 1.61. The fourth-order valence-electron chi connectivity index (χ4n) is 3.04. The fourth-order valence-corrected chi connectivity index (χ4v) is 3.88. The maximum atomic E-state index is 12.7. The molecule has 1 aliphatic rings. The first kappa shape index (κ1) is 17.1. The van der Waals surface area contributed by atoms with E-state index < -0.39 is 0 Å². The first-order valence-corrected chi connectivity index (χ1v) is 9.19. The molecule has 0 N–H and O–H groups in total. The summed E-state index contributed by atoms with van der Waals surface area (Å²) in [5.74, 6) is -0.290. The van der Waals surface area contributed by atoms with Crippen LogP contribution in [0.1, 0.15) is 16.7 Å². The fraction of sp³-hybridized carbons (Fsp3) is 0.0455. The second-order valence-corrected chi connectivity index (χ2v) is 7.13. The molecule has 1 aliphatic heterocycles. The van der Waals surface area contributed by atoms with Crippen LogP contribution in [0.5, 0.6) is 0 Å². The molecule has 1 saturated heterocycles. The molecule has 1 fully saturated rings. The Bertz CT molecular complexity index is 1120. The van der Waals surface area contributed by atoms with Crippen molar-refractivity contribution >= 4 is 39.8 Å². The van der Waals surface area contributed by atoms with Gasteiger partial charge in [-0.3, -0.25) is 14.5 Å². The van der Waals surface area contributed by atoms with Crippen LogP contribution in [0.25, 0.3) is 16.8 Å². The summed E-state index contributed by atoms with van der Waals surface area (Å²) >= 11 is 0.945. The van der Waals surface area contributed by atoms with Gasteiger partial charge in [-0.2, -0.15) is 5.26 Å². The van der Waals surface area contributed by atoms with E-state index in [2.05, 4.69) is 6.07 Å². The Kier molecular flexibility index (Phi) is 4.49. The van der Waals surface area contributed by atoms with Crippen LogP contribution < -0.4 is 0 Å². The molecule has 0 aliphatic carbocycles. The topological polar surface area (TPSA) is 61.2 Å². The lowest BCUT2D eigenvalue weighted by Gasteiger charge is -2.14. The second-order valence-electron chi connectivity index (χ2n) is 6.14. The molecule has 0 saturated carbocycles. The average molecular weight is 370 g/mol. The van der Waals surface area contributed by atoms with E-state index in [4.69, 9.17) is 5.26 Å². The van der Waals surface area contributed by atoms with Gasteiger partial charge in [-0.25, -0.2) is 0 Å². The molecule has 0 aromatic heterocycles. The van der Waals surface area contributed by atoms with Gasteiger partial charge in [-0.1, -0.05) is 54.6 Å². The van der Waals surface area contributed by atoms with Gasteiger partial charge in [0.25, 0.3) is 11.1 Å². The van der Waals surface area contributed by atoms with Crippen molar-refractivity contribution in [1.82, 2.24) is 4.90 Å². The number of hydrogen-bond acceptors (Lipinski definition) is 4. The summed E-state index contributed by atoms with van der Waals surface area (Å²) in [5, 5.41) is 10.7. The predicted octanol–water partition coefficient (Wildman–Crippen LogP) is 4.95. The maximum Gasteiger partial charge on any atom is 0.293 e. The van der Waals surface area contributed by atoms with Crippen LogP contribution in [0.15, 0.2) is 71.6 Å². The summed E-state index contributed by atoms with van der Waals surface area (Å²) in [4.78, 5) is 26.8. The minimum atomic E-state index is -0.290. The first-order valence-electron chi connectivity index (χ1n) is 8.38. The molecular formula is C22H14N2O2S. The number of nitrogens with zero attached hydrogens (tertiary/aromatic N) is 2. The highest BCUT2D eigenvalue weighted by molar-refractivity contribution is 8.18. The number of thioether (sulfide) groups is 1. The van der Waals surface area contributed by atoms with Crippen molar-refractivity contribution in [3.05, 3.63) is 88.3 Å². The molecule has 0 radical (unpaired) electrons. The predicted molar refractivity (Wildman–Crippen MR) is 107 cm³/mol. The van der Waals surface area contributed by atoms with Gasteiger partial charge in [0.05, 0.1) is 23.1 Å². The number of carbonyl (C=O) groups is 2. The molecule has 4 rings (SSSR count). The summed E-state index contributed by atoms with van der Waals surface area (Å²) in [6.45, 7) is 0.247. The van der Waals surface area contributed by atoms with Gasteiger partial charge in [0.15, 0.2) is 0 Å². The lowest BCUT2D eigenvalue weighted by atomic mass is 10.0. The minimum absolute atomic E-state index is 0.247. The van der Waals surface area contributed by atoms with Crippen molar-refractivity contribution in [1.29, 1.82) is 5.26 Å². The van der Waals surface area contributed by atoms with Gasteiger partial charge in [-0.15, -0.1) is 0 Å². The molecule has 5 heteroatoms. The highest BCUT2D eigenvalue weighted by Crippen LogP contribution is 2.34. The van der Waals surface area contributed by atoms with E-state index in [1.807, 2.05) is 42.5 Å². The minimum Gasteiger partial charge on any atom is -0.268 e. The van der Waals surface area contributed by atoms with E-state index >= 15 is 0 Å². The molecule has 130 valence electrons. The van der Waals surface area contributed by atoms with Crippen LogP contribution in [-0.2, 0) is 11.3 Å². The number of benzene rings is 3. The van der Waals surface area contributed by atoms with Crippen molar-refractivity contribution < 1.29 is 9.59 Å². The second kappa shape index (κ2) is 7.10. The number of hydrogen-bond donors (Lipinski definition) is 0. The molecule has 3 aromatic rings. The number of nitriles is 1. The van der Waals surface area contributed by atoms with Gasteiger partial charge < -0.3 is 0 Å². The van der Waals surface area contributed by atoms with Crippen molar-refractivity contribution in [3.8, 4) is 6.07 Å². The molecule has 0 spiro atoms. The molecule has 0 unspecified atom stereocenters. The lowest BCUT2D eigenvalue weighted by molar-refractivity contribution is -0.123. The van der Waals surface area contributed by atoms with Crippen molar-refractivity contribution in [2.24, 2.45) is 0 Å². The monoisotopic (exact) mass is 370 g/mol. The zero-order chi connectivity index (χ0) is 18.8. The number of carbonyl (C=O) groups excluding carboxylic acids is 2. The summed E-state index contributed by atoms with van der Waals surface area (Å²) in [7, 11) is 0. The largest absolute Gasteiger partial charge is 0.293 e. The Labute approximate surface area is 160 Å². The van der Waals surface area contributed by atoms with Crippen LogP contribution in [0.4, 0.5) is 4.79 Å². The van der Waals surface area contributed by atoms with Gasteiger partial charge in [-0.05, 0) is 51.9 Å². The Morgan fingerprint density at radius 1 is 0.963 bits per heavy atom. The Morgan fingerprint density at radius 3 is 2.48 bits per heavy atom. The number of rotatable bonds is 3. The smallest absolute Gasteiger partial charge is 0.268 e. The molecule has 3 aromatic carbocycles. The lowest BCUT2D eigenvalue weighted by Crippen LogP contribution is -2.27. The summed E-state index contributed by atoms with van der Waals surface area (Å²) < 4.78 is 0. The molecule has 4 nitrogen and oxygen atoms in total.